The fraction of sp³-hybridized carbons (Fsp3) is 0.200. The Morgan fingerprint density at radius 3 is 2.84 bits per heavy atom. The molecule has 3 aromatic rings. The summed E-state index contributed by atoms with van der Waals surface area (Å²) >= 11 is 1.80. The van der Waals surface area contributed by atoms with Gasteiger partial charge in [0.1, 0.15) is 5.82 Å². The van der Waals surface area contributed by atoms with Gasteiger partial charge in [0, 0.05) is 35.3 Å². The molecule has 0 aliphatic carbocycles. The topological polar surface area (TPSA) is 41.1 Å². The average Bonchev–Trinajstić information content (AvgIpc) is 2.59. The normalized spacial score (nSPS) is 13.5. The highest BCUT2D eigenvalue weighted by Crippen LogP contribution is 2.28. The lowest BCUT2D eigenvalue weighted by molar-refractivity contribution is 0.611. The summed E-state index contributed by atoms with van der Waals surface area (Å²) < 4.78 is 0. The molecule has 1 aliphatic rings. The van der Waals surface area contributed by atoms with Crippen molar-refractivity contribution in [1.82, 2.24) is 9.97 Å². The molecule has 1 fully saturated rings. The zero-order valence-corrected chi connectivity index (χ0v) is 14.8. The highest BCUT2D eigenvalue weighted by molar-refractivity contribution is 7.98. The molecule has 1 aliphatic heterocycles. The number of aromatic nitrogens is 2. The molecule has 4 rings (SSSR count). The van der Waals surface area contributed by atoms with Gasteiger partial charge in [-0.15, -0.1) is 11.8 Å². The predicted octanol–water partition coefficient (Wildman–Crippen LogP) is 4.69. The van der Waals surface area contributed by atoms with Crippen molar-refractivity contribution in [2.24, 2.45) is 0 Å². The van der Waals surface area contributed by atoms with E-state index in [2.05, 4.69) is 58.2 Å². The summed E-state index contributed by atoms with van der Waals surface area (Å²) in [4.78, 5) is 12.6. The molecule has 25 heavy (non-hydrogen) atoms. The molecule has 0 atom stereocenters. The SMILES string of the molecule is C=CNc1cncc(CSc2ccc3ccc(N4CCC4)nc3c2)c1. The Morgan fingerprint density at radius 1 is 1.16 bits per heavy atom. The van der Waals surface area contributed by atoms with Crippen LogP contribution in [-0.2, 0) is 5.75 Å². The molecule has 0 spiro atoms. The number of benzene rings is 1. The number of nitrogens with one attached hydrogen (secondary N) is 1. The lowest BCUT2D eigenvalue weighted by atomic mass is 10.2. The maximum absolute atomic E-state index is 4.83. The third-order valence-electron chi connectivity index (χ3n) is 4.30. The standard InChI is InChI=1S/C20H20N4S/c1-2-22-17-10-15(12-21-13-17)14-25-18-6-4-16-5-7-20(23-19(16)11-18)24-8-3-9-24/h2,4-7,10-13,22H,1,3,8-9,14H2. The summed E-state index contributed by atoms with van der Waals surface area (Å²) in [5.41, 5.74) is 3.21. The Morgan fingerprint density at radius 2 is 2.04 bits per heavy atom. The minimum Gasteiger partial charge on any atom is -0.361 e. The van der Waals surface area contributed by atoms with Gasteiger partial charge in [0.15, 0.2) is 0 Å². The molecule has 3 heterocycles. The first kappa shape index (κ1) is 16.0. The van der Waals surface area contributed by atoms with Crippen LogP contribution in [0.5, 0.6) is 0 Å². The van der Waals surface area contributed by atoms with Crippen molar-refractivity contribution in [2.45, 2.75) is 17.1 Å². The van der Waals surface area contributed by atoms with Crippen molar-refractivity contribution in [1.29, 1.82) is 0 Å². The number of rotatable bonds is 6. The van der Waals surface area contributed by atoms with E-state index in [9.17, 15) is 0 Å². The first-order valence-corrected chi connectivity index (χ1v) is 9.40. The first-order valence-electron chi connectivity index (χ1n) is 8.42. The molecule has 1 saturated heterocycles. The largest absolute Gasteiger partial charge is 0.361 e. The van der Waals surface area contributed by atoms with Gasteiger partial charge in [-0.3, -0.25) is 4.98 Å². The van der Waals surface area contributed by atoms with Crippen molar-refractivity contribution < 1.29 is 0 Å². The molecular formula is C20H20N4S. The second-order valence-corrected chi connectivity index (χ2v) is 7.13. The Balaban J connectivity index is 1.50. The zero-order valence-electron chi connectivity index (χ0n) is 14.0. The van der Waals surface area contributed by atoms with Crippen molar-refractivity contribution in [3.05, 3.63) is 67.1 Å². The lowest BCUT2D eigenvalue weighted by Crippen LogP contribution is -2.37. The van der Waals surface area contributed by atoms with Gasteiger partial charge >= 0.3 is 0 Å². The van der Waals surface area contributed by atoms with Crippen molar-refractivity contribution in [3.8, 4) is 0 Å². The number of hydrogen-bond donors (Lipinski definition) is 1. The molecule has 0 amide bonds. The van der Waals surface area contributed by atoms with Crippen LogP contribution < -0.4 is 10.2 Å². The zero-order chi connectivity index (χ0) is 17.1. The van der Waals surface area contributed by atoms with Crippen LogP contribution in [0.3, 0.4) is 0 Å². The van der Waals surface area contributed by atoms with E-state index in [4.69, 9.17) is 4.98 Å². The van der Waals surface area contributed by atoms with Crippen LogP contribution in [0.2, 0.25) is 0 Å². The van der Waals surface area contributed by atoms with E-state index in [-0.39, 0.29) is 0 Å². The molecule has 0 unspecified atom stereocenters. The first-order chi connectivity index (χ1) is 12.3. The second kappa shape index (κ2) is 7.15. The lowest BCUT2D eigenvalue weighted by Gasteiger charge is -2.32. The van der Waals surface area contributed by atoms with Gasteiger partial charge < -0.3 is 10.2 Å². The van der Waals surface area contributed by atoms with Crippen LogP contribution in [0.1, 0.15) is 12.0 Å². The van der Waals surface area contributed by atoms with Crippen molar-refractivity contribution in [3.63, 3.8) is 0 Å². The van der Waals surface area contributed by atoms with Crippen LogP contribution in [0.4, 0.5) is 11.5 Å². The average molecular weight is 348 g/mol. The van der Waals surface area contributed by atoms with Gasteiger partial charge in [-0.05, 0) is 48.5 Å². The fourth-order valence-corrected chi connectivity index (χ4v) is 3.68. The predicted molar refractivity (Wildman–Crippen MR) is 106 cm³/mol. The van der Waals surface area contributed by atoms with E-state index in [0.29, 0.717) is 0 Å². The Bertz CT molecular complexity index is 905. The molecule has 1 aromatic carbocycles. The molecule has 1 N–H and O–H groups in total. The van der Waals surface area contributed by atoms with Gasteiger partial charge in [-0.25, -0.2) is 4.98 Å². The van der Waals surface area contributed by atoms with E-state index in [1.165, 1.54) is 22.3 Å². The Kier molecular flexibility index (Phi) is 4.57. The number of nitrogens with zero attached hydrogens (tertiary/aromatic N) is 3. The Hall–Kier alpha value is -2.53. The molecule has 5 heteroatoms. The summed E-state index contributed by atoms with van der Waals surface area (Å²) in [5.74, 6) is 1.96. The molecule has 0 saturated carbocycles. The minimum absolute atomic E-state index is 0.872. The summed E-state index contributed by atoms with van der Waals surface area (Å²) in [6.45, 7) is 5.92. The smallest absolute Gasteiger partial charge is 0.129 e. The number of thioether (sulfide) groups is 1. The quantitative estimate of drug-likeness (QED) is 0.655. The highest BCUT2D eigenvalue weighted by Gasteiger charge is 2.15. The van der Waals surface area contributed by atoms with Crippen LogP contribution in [0.15, 0.2) is 66.5 Å². The molecule has 2 aromatic heterocycles. The van der Waals surface area contributed by atoms with Crippen LogP contribution in [-0.4, -0.2) is 23.1 Å². The van der Waals surface area contributed by atoms with Crippen molar-refractivity contribution in [2.75, 3.05) is 23.3 Å². The van der Waals surface area contributed by atoms with Gasteiger partial charge in [0.05, 0.1) is 17.4 Å². The van der Waals surface area contributed by atoms with Crippen LogP contribution in [0, 0.1) is 0 Å². The number of fused-ring (bicyclic) bond motifs is 1. The summed E-state index contributed by atoms with van der Waals surface area (Å²) in [6, 6.07) is 12.9. The third kappa shape index (κ3) is 3.61. The number of hydrogen-bond acceptors (Lipinski definition) is 5. The van der Waals surface area contributed by atoms with E-state index in [1.807, 2.05) is 6.20 Å². The van der Waals surface area contributed by atoms with Crippen molar-refractivity contribution >= 4 is 34.2 Å². The minimum atomic E-state index is 0.872. The molecule has 0 bridgehead atoms. The molecular weight excluding hydrogens is 328 g/mol. The summed E-state index contributed by atoms with van der Waals surface area (Å²) in [6.07, 6.45) is 6.64. The maximum Gasteiger partial charge on any atom is 0.129 e. The molecule has 126 valence electrons. The fourth-order valence-electron chi connectivity index (χ4n) is 2.83. The number of pyridine rings is 2. The van der Waals surface area contributed by atoms with Gasteiger partial charge in [-0.1, -0.05) is 12.6 Å². The van der Waals surface area contributed by atoms with Gasteiger partial charge in [0.2, 0.25) is 0 Å². The van der Waals surface area contributed by atoms with E-state index >= 15 is 0 Å². The summed E-state index contributed by atoms with van der Waals surface area (Å²) in [5, 5.41) is 4.26. The third-order valence-corrected chi connectivity index (χ3v) is 5.36. The van der Waals surface area contributed by atoms with E-state index in [1.54, 1.807) is 24.2 Å². The molecule has 4 nitrogen and oxygen atoms in total. The van der Waals surface area contributed by atoms with E-state index in [0.717, 1.165) is 35.9 Å². The monoisotopic (exact) mass is 348 g/mol. The highest BCUT2D eigenvalue weighted by atomic mass is 32.2. The number of anilines is 2. The summed E-state index contributed by atoms with van der Waals surface area (Å²) in [7, 11) is 0. The van der Waals surface area contributed by atoms with Gasteiger partial charge in [-0.2, -0.15) is 0 Å². The van der Waals surface area contributed by atoms with Crippen LogP contribution in [0.25, 0.3) is 10.9 Å². The van der Waals surface area contributed by atoms with E-state index < -0.39 is 0 Å². The Labute approximate surface area is 152 Å². The maximum atomic E-state index is 4.83. The second-order valence-electron chi connectivity index (χ2n) is 6.08. The molecule has 0 radical (unpaired) electrons. The van der Waals surface area contributed by atoms with Crippen LogP contribution >= 0.6 is 11.8 Å². The van der Waals surface area contributed by atoms with Gasteiger partial charge in [0.25, 0.3) is 0 Å².